The fourth-order valence-corrected chi connectivity index (χ4v) is 2.71. The van der Waals surface area contributed by atoms with Gasteiger partial charge >= 0.3 is 0 Å². The van der Waals surface area contributed by atoms with E-state index in [1.165, 1.54) is 5.01 Å². The van der Waals surface area contributed by atoms with E-state index in [0.717, 1.165) is 17.0 Å². The third kappa shape index (κ3) is 1.98. The van der Waals surface area contributed by atoms with Gasteiger partial charge in [0.15, 0.2) is 0 Å². The number of hydrogen-bond donors (Lipinski definition) is 0. The fourth-order valence-electron chi connectivity index (χ4n) is 2.71. The van der Waals surface area contributed by atoms with Crippen molar-refractivity contribution in [2.45, 2.75) is 0 Å². The number of para-hydroxylation sites is 1. The first-order valence-corrected chi connectivity index (χ1v) is 6.85. The molecule has 5 nitrogen and oxygen atoms in total. The van der Waals surface area contributed by atoms with Gasteiger partial charge in [-0.05, 0) is 24.3 Å². The van der Waals surface area contributed by atoms with Crippen molar-refractivity contribution in [3.8, 4) is 5.75 Å². The quantitative estimate of drug-likeness (QED) is 0.801. The van der Waals surface area contributed by atoms with E-state index in [-0.39, 0.29) is 11.8 Å². The van der Waals surface area contributed by atoms with Crippen LogP contribution in [0.3, 0.4) is 0 Å². The van der Waals surface area contributed by atoms with Crippen LogP contribution in [0.1, 0.15) is 15.9 Å². The van der Waals surface area contributed by atoms with Gasteiger partial charge in [0.25, 0.3) is 5.91 Å². The van der Waals surface area contributed by atoms with Crippen LogP contribution >= 0.6 is 0 Å². The van der Waals surface area contributed by atoms with Crippen molar-refractivity contribution >= 4 is 11.6 Å². The Morgan fingerprint density at radius 3 is 3.00 bits per heavy atom. The maximum atomic E-state index is 12.4. The Bertz CT molecular complexity index is 727. The molecule has 0 N–H and O–H groups in total. The van der Waals surface area contributed by atoms with Gasteiger partial charge in [-0.1, -0.05) is 12.1 Å². The number of rotatable bonds is 1. The summed E-state index contributed by atoms with van der Waals surface area (Å²) in [6.45, 7) is 1.12. The summed E-state index contributed by atoms with van der Waals surface area (Å²) in [5, 5.41) is 6.04. The van der Waals surface area contributed by atoms with E-state index in [0.29, 0.717) is 18.7 Å². The number of hydrogen-bond acceptors (Lipinski definition) is 4. The molecule has 4 rings (SSSR count). The molecule has 0 saturated carbocycles. The van der Waals surface area contributed by atoms with Crippen LogP contribution in [0, 0.1) is 5.92 Å². The Hall–Kier alpha value is -2.69. The van der Waals surface area contributed by atoms with E-state index in [9.17, 15) is 4.79 Å². The number of aromatic nitrogens is 1. The first-order chi connectivity index (χ1) is 10.3. The summed E-state index contributed by atoms with van der Waals surface area (Å²) >= 11 is 0. The zero-order valence-electron chi connectivity index (χ0n) is 11.3. The van der Waals surface area contributed by atoms with Gasteiger partial charge in [-0.3, -0.25) is 9.78 Å². The van der Waals surface area contributed by atoms with Gasteiger partial charge in [0.2, 0.25) is 0 Å². The highest BCUT2D eigenvalue weighted by Crippen LogP contribution is 2.31. The molecule has 1 atom stereocenters. The molecule has 2 aliphatic rings. The molecule has 1 aromatic carbocycles. The van der Waals surface area contributed by atoms with Crippen LogP contribution in [0.5, 0.6) is 5.75 Å². The van der Waals surface area contributed by atoms with Crippen molar-refractivity contribution < 1.29 is 9.53 Å². The Morgan fingerprint density at radius 2 is 2.14 bits per heavy atom. The first kappa shape index (κ1) is 12.1. The Kier molecular flexibility index (Phi) is 2.70. The summed E-state index contributed by atoms with van der Waals surface area (Å²) in [6.07, 6.45) is 3.21. The standard InChI is InChI=1S/C16H13N3O2/c20-16(11-4-3-7-17-8-11)19-9-12-10-21-14-6-2-1-5-13(14)15(12)18-19/h1-8,12H,9-10H2. The van der Waals surface area contributed by atoms with Crippen LogP contribution in [0.4, 0.5) is 0 Å². The average Bonchev–Trinajstić information content (AvgIpc) is 2.99. The van der Waals surface area contributed by atoms with Crippen LogP contribution < -0.4 is 4.74 Å². The summed E-state index contributed by atoms with van der Waals surface area (Å²) in [6, 6.07) is 11.3. The van der Waals surface area contributed by atoms with Crippen molar-refractivity contribution in [2.75, 3.05) is 13.2 Å². The number of ether oxygens (including phenoxy) is 1. The predicted molar refractivity (Wildman–Crippen MR) is 77.2 cm³/mol. The highest BCUT2D eigenvalue weighted by atomic mass is 16.5. The zero-order valence-corrected chi connectivity index (χ0v) is 11.3. The van der Waals surface area contributed by atoms with Crippen LogP contribution in [-0.2, 0) is 0 Å². The topological polar surface area (TPSA) is 54.8 Å². The predicted octanol–water partition coefficient (Wildman–Crippen LogP) is 1.95. The molecular formula is C16H13N3O2. The maximum absolute atomic E-state index is 12.4. The average molecular weight is 279 g/mol. The van der Waals surface area contributed by atoms with E-state index in [1.807, 2.05) is 24.3 Å². The van der Waals surface area contributed by atoms with Crippen molar-refractivity contribution in [1.82, 2.24) is 9.99 Å². The minimum Gasteiger partial charge on any atom is -0.492 e. The van der Waals surface area contributed by atoms with E-state index >= 15 is 0 Å². The van der Waals surface area contributed by atoms with Crippen molar-refractivity contribution in [2.24, 2.45) is 11.0 Å². The monoisotopic (exact) mass is 279 g/mol. The number of pyridine rings is 1. The lowest BCUT2D eigenvalue weighted by Crippen LogP contribution is -2.31. The minimum atomic E-state index is -0.123. The van der Waals surface area contributed by atoms with E-state index in [1.54, 1.807) is 24.5 Å². The van der Waals surface area contributed by atoms with Gasteiger partial charge in [-0.15, -0.1) is 0 Å². The zero-order chi connectivity index (χ0) is 14.2. The molecule has 3 heterocycles. The van der Waals surface area contributed by atoms with Gasteiger partial charge in [0.1, 0.15) is 5.75 Å². The molecule has 1 amide bonds. The first-order valence-electron chi connectivity index (χ1n) is 6.85. The van der Waals surface area contributed by atoms with Crippen molar-refractivity contribution in [3.63, 3.8) is 0 Å². The Labute approximate surface area is 121 Å². The summed E-state index contributed by atoms with van der Waals surface area (Å²) in [5.41, 5.74) is 2.47. The van der Waals surface area contributed by atoms with Crippen LogP contribution in [-0.4, -0.2) is 34.8 Å². The minimum absolute atomic E-state index is 0.123. The van der Waals surface area contributed by atoms with Crippen LogP contribution in [0.2, 0.25) is 0 Å². The molecule has 21 heavy (non-hydrogen) atoms. The molecule has 0 spiro atoms. The highest BCUT2D eigenvalue weighted by molar-refractivity contribution is 6.08. The van der Waals surface area contributed by atoms with E-state index in [4.69, 9.17) is 4.74 Å². The van der Waals surface area contributed by atoms with Gasteiger partial charge < -0.3 is 4.74 Å². The van der Waals surface area contributed by atoms with Gasteiger partial charge in [-0.25, -0.2) is 5.01 Å². The third-order valence-corrected chi connectivity index (χ3v) is 3.75. The number of nitrogens with zero attached hydrogens (tertiary/aromatic N) is 3. The smallest absolute Gasteiger partial charge is 0.275 e. The number of fused-ring (bicyclic) bond motifs is 3. The highest BCUT2D eigenvalue weighted by Gasteiger charge is 2.36. The lowest BCUT2D eigenvalue weighted by atomic mass is 9.95. The number of hydrazone groups is 1. The summed E-state index contributed by atoms with van der Waals surface area (Å²) < 4.78 is 5.74. The molecule has 0 radical (unpaired) electrons. The Morgan fingerprint density at radius 1 is 1.24 bits per heavy atom. The molecule has 0 aliphatic carbocycles. The molecule has 1 unspecified atom stereocenters. The van der Waals surface area contributed by atoms with Crippen LogP contribution in [0.15, 0.2) is 53.9 Å². The molecular weight excluding hydrogens is 266 g/mol. The van der Waals surface area contributed by atoms with E-state index < -0.39 is 0 Å². The maximum Gasteiger partial charge on any atom is 0.275 e. The third-order valence-electron chi connectivity index (χ3n) is 3.75. The van der Waals surface area contributed by atoms with Gasteiger partial charge in [-0.2, -0.15) is 5.10 Å². The molecule has 2 aromatic rings. The van der Waals surface area contributed by atoms with Gasteiger partial charge in [0.05, 0.1) is 30.3 Å². The second-order valence-corrected chi connectivity index (χ2v) is 5.12. The fraction of sp³-hybridized carbons (Fsp3) is 0.188. The SMILES string of the molecule is O=C(c1cccnc1)N1CC2COc3ccccc3C2=N1. The second kappa shape index (κ2) is 4.70. The van der Waals surface area contributed by atoms with E-state index in [2.05, 4.69) is 10.1 Å². The molecule has 2 aliphatic heterocycles. The second-order valence-electron chi connectivity index (χ2n) is 5.12. The number of carbonyl (C=O) groups excluding carboxylic acids is 1. The van der Waals surface area contributed by atoms with Gasteiger partial charge in [0, 0.05) is 18.0 Å². The number of carbonyl (C=O) groups is 1. The molecule has 1 aromatic heterocycles. The van der Waals surface area contributed by atoms with Crippen molar-refractivity contribution in [1.29, 1.82) is 0 Å². The summed E-state index contributed by atoms with van der Waals surface area (Å²) in [4.78, 5) is 16.4. The normalized spacial score (nSPS) is 19.3. The van der Waals surface area contributed by atoms with Crippen molar-refractivity contribution in [3.05, 3.63) is 59.9 Å². The molecule has 0 bridgehead atoms. The largest absolute Gasteiger partial charge is 0.492 e. The lowest BCUT2D eigenvalue weighted by molar-refractivity contribution is 0.0760. The van der Waals surface area contributed by atoms with Crippen LogP contribution in [0.25, 0.3) is 0 Å². The molecule has 5 heteroatoms. The number of benzene rings is 1. The molecule has 0 saturated heterocycles. The lowest BCUT2D eigenvalue weighted by Gasteiger charge is -2.22. The Balaban J connectivity index is 1.68. The molecule has 0 fully saturated rings. The number of amides is 1. The summed E-state index contributed by atoms with van der Waals surface area (Å²) in [7, 11) is 0. The summed E-state index contributed by atoms with van der Waals surface area (Å²) in [5.74, 6) is 0.853. The molecule has 104 valence electrons.